The van der Waals surface area contributed by atoms with Gasteiger partial charge in [-0.3, -0.25) is 0 Å². The van der Waals surface area contributed by atoms with Crippen LogP contribution in [0.2, 0.25) is 0 Å². The third-order valence-corrected chi connectivity index (χ3v) is 6.22. The SMILES string of the molecule is CCOC(=O)c1cccc(C#CCSCc2ccc(C(F)(F)P(=O)([O-])[O-])c(Br)c2)c1.[Na+].[Na+]. The molecule has 0 unspecified atom stereocenters. The second kappa shape index (κ2) is 14.7. The van der Waals surface area contributed by atoms with Gasteiger partial charge in [0.25, 0.3) is 5.66 Å². The maximum atomic E-state index is 13.7. The molecule has 0 atom stereocenters. The summed E-state index contributed by atoms with van der Waals surface area (Å²) < 4.78 is 43.0. The van der Waals surface area contributed by atoms with Crippen LogP contribution in [0, 0.1) is 11.8 Å². The molecule has 0 radical (unpaired) electrons. The molecule has 0 aliphatic carbocycles. The number of rotatable bonds is 7. The van der Waals surface area contributed by atoms with Gasteiger partial charge in [-0.15, -0.1) is 11.8 Å². The number of esters is 1. The molecule has 160 valence electrons. The topological polar surface area (TPSA) is 89.5 Å². The molecule has 0 aliphatic rings. The molecular weight excluding hydrogens is 547 g/mol. The molecule has 2 aromatic rings. The Bertz CT molecular complexity index is 1040. The van der Waals surface area contributed by atoms with Gasteiger partial charge in [0.1, 0.15) is 0 Å². The van der Waals surface area contributed by atoms with E-state index in [9.17, 15) is 27.9 Å². The molecule has 0 spiro atoms. The van der Waals surface area contributed by atoms with Gasteiger partial charge in [-0.05, 0) is 36.8 Å². The van der Waals surface area contributed by atoms with E-state index in [1.165, 1.54) is 23.9 Å². The number of benzene rings is 2. The van der Waals surface area contributed by atoms with E-state index in [2.05, 4.69) is 27.8 Å². The van der Waals surface area contributed by atoms with Crippen molar-refractivity contribution in [1.29, 1.82) is 0 Å². The maximum Gasteiger partial charge on any atom is 1.00 e. The minimum absolute atomic E-state index is 0. The summed E-state index contributed by atoms with van der Waals surface area (Å²) in [5, 5.41) is 0. The smallest absolute Gasteiger partial charge is 0.806 e. The van der Waals surface area contributed by atoms with E-state index in [-0.39, 0.29) is 70.2 Å². The summed E-state index contributed by atoms with van der Waals surface area (Å²) in [6.07, 6.45) is 0. The van der Waals surface area contributed by atoms with Crippen molar-refractivity contribution in [2.75, 3.05) is 12.4 Å². The first-order valence-corrected chi connectivity index (χ1v) is 12.1. The maximum absolute atomic E-state index is 13.7. The first kappa shape index (κ1) is 32.3. The van der Waals surface area contributed by atoms with Gasteiger partial charge in [0.05, 0.1) is 17.9 Å². The number of carbonyl (C=O) groups excluding carboxylic acids is 1. The number of hydrogen-bond donors (Lipinski definition) is 0. The van der Waals surface area contributed by atoms with Crippen molar-refractivity contribution < 1.29 is 91.8 Å². The Morgan fingerprint density at radius 3 is 2.50 bits per heavy atom. The van der Waals surface area contributed by atoms with Crippen molar-refractivity contribution in [3.63, 3.8) is 0 Å². The van der Waals surface area contributed by atoms with Gasteiger partial charge in [0.2, 0.25) is 0 Å². The fourth-order valence-electron chi connectivity index (χ4n) is 2.34. The van der Waals surface area contributed by atoms with Crippen LogP contribution < -0.4 is 68.9 Å². The fraction of sp³-hybridized carbons (Fsp3) is 0.250. The summed E-state index contributed by atoms with van der Waals surface area (Å²) in [6, 6.07) is 10.4. The molecule has 0 amide bonds. The summed E-state index contributed by atoms with van der Waals surface area (Å²) >= 11 is 4.32. The summed E-state index contributed by atoms with van der Waals surface area (Å²) in [4.78, 5) is 33.3. The van der Waals surface area contributed by atoms with Crippen molar-refractivity contribution >= 4 is 41.3 Å². The van der Waals surface area contributed by atoms with Crippen molar-refractivity contribution in [3.8, 4) is 11.8 Å². The van der Waals surface area contributed by atoms with E-state index in [0.717, 1.165) is 6.07 Å². The largest absolute Gasteiger partial charge is 1.00 e. The third kappa shape index (κ3) is 9.16. The van der Waals surface area contributed by atoms with Gasteiger partial charge in [-0.2, -0.15) is 8.78 Å². The number of alkyl halides is 2. The number of ether oxygens (including phenoxy) is 1. The summed E-state index contributed by atoms with van der Waals surface area (Å²) in [5.74, 6) is 6.35. The predicted octanol–water partition coefficient (Wildman–Crippen LogP) is -2.12. The Morgan fingerprint density at radius 2 is 1.91 bits per heavy atom. The monoisotopic (exact) mass is 562 g/mol. The molecule has 32 heavy (non-hydrogen) atoms. The van der Waals surface area contributed by atoms with E-state index in [0.29, 0.717) is 28.2 Å². The van der Waals surface area contributed by atoms with Crippen molar-refractivity contribution in [2.24, 2.45) is 0 Å². The zero-order valence-electron chi connectivity index (χ0n) is 17.7. The number of halogens is 3. The Morgan fingerprint density at radius 1 is 1.22 bits per heavy atom. The molecule has 0 N–H and O–H groups in total. The van der Waals surface area contributed by atoms with Crippen LogP contribution >= 0.6 is 35.3 Å². The van der Waals surface area contributed by atoms with E-state index in [1.807, 2.05) is 0 Å². The molecule has 0 bridgehead atoms. The molecule has 0 heterocycles. The van der Waals surface area contributed by atoms with Crippen molar-refractivity contribution in [2.45, 2.75) is 18.3 Å². The van der Waals surface area contributed by atoms with Gasteiger partial charge in [0, 0.05) is 28.9 Å². The molecule has 0 fully saturated rings. The predicted molar refractivity (Wildman–Crippen MR) is 111 cm³/mol. The normalized spacial score (nSPS) is 10.8. The van der Waals surface area contributed by atoms with Gasteiger partial charge in [-0.1, -0.05) is 46.0 Å². The van der Waals surface area contributed by atoms with Gasteiger partial charge in [-0.25, -0.2) is 4.79 Å². The molecule has 0 aromatic heterocycles. The molecule has 2 aromatic carbocycles. The Labute approximate surface area is 242 Å². The van der Waals surface area contributed by atoms with E-state index in [4.69, 9.17) is 4.74 Å². The van der Waals surface area contributed by atoms with Crippen LogP contribution in [0.4, 0.5) is 8.78 Å². The van der Waals surface area contributed by atoms with Crippen LogP contribution in [-0.2, 0) is 20.7 Å². The standard InChI is InChI=1S/C20H18BrF2O5PS.2Na/c1-2-28-19(24)16-7-3-5-14(11-16)6-4-10-30-13-15-8-9-17(18(21)12-15)20(22,23)29(25,26)27;;/h3,5,7-9,11-12H,2,10,13H2,1H3,(H2,25,26,27);;/q;2*+1/p-2. The van der Waals surface area contributed by atoms with Crippen LogP contribution in [0.5, 0.6) is 0 Å². The Balaban J connectivity index is 0.00000480. The molecule has 0 saturated heterocycles. The third-order valence-electron chi connectivity index (χ3n) is 3.75. The van der Waals surface area contributed by atoms with Crippen LogP contribution in [0.15, 0.2) is 46.9 Å². The van der Waals surface area contributed by atoms with Crippen LogP contribution in [0.25, 0.3) is 0 Å². The van der Waals surface area contributed by atoms with Gasteiger partial charge in [0.15, 0.2) is 0 Å². The van der Waals surface area contributed by atoms with Gasteiger partial charge >= 0.3 is 65.1 Å². The molecule has 0 saturated carbocycles. The molecule has 2 rings (SSSR count). The van der Waals surface area contributed by atoms with Gasteiger partial charge < -0.3 is 19.1 Å². The quantitative estimate of drug-likeness (QED) is 0.126. The second-order valence-corrected chi connectivity index (χ2v) is 9.35. The van der Waals surface area contributed by atoms with E-state index in [1.54, 1.807) is 31.2 Å². The molecule has 5 nitrogen and oxygen atoms in total. The van der Waals surface area contributed by atoms with Crippen LogP contribution in [0.3, 0.4) is 0 Å². The first-order chi connectivity index (χ1) is 14.1. The van der Waals surface area contributed by atoms with E-state index >= 15 is 0 Å². The first-order valence-electron chi connectivity index (χ1n) is 8.59. The summed E-state index contributed by atoms with van der Waals surface area (Å²) in [6.45, 7) is 2.01. The van der Waals surface area contributed by atoms with Crippen LogP contribution in [-0.4, -0.2) is 18.3 Å². The average molecular weight is 563 g/mol. The average Bonchev–Trinajstić information content (AvgIpc) is 2.67. The summed E-state index contributed by atoms with van der Waals surface area (Å²) in [5.41, 5.74) is -3.63. The number of thioether (sulfide) groups is 1. The minimum atomic E-state index is -6.12. The Kier molecular flexibility index (Phi) is 14.8. The number of hydrogen-bond acceptors (Lipinski definition) is 6. The second-order valence-electron chi connectivity index (χ2n) is 5.95. The number of carbonyl (C=O) groups is 1. The molecule has 0 aliphatic heterocycles. The molecular formula is C20H16BrF2Na2O5PS. The zero-order valence-corrected chi connectivity index (χ0v) is 25.0. The van der Waals surface area contributed by atoms with Crippen molar-refractivity contribution in [3.05, 3.63) is 69.2 Å². The summed E-state index contributed by atoms with van der Waals surface area (Å²) in [7, 11) is -6.12. The van der Waals surface area contributed by atoms with Crippen LogP contribution in [0.1, 0.15) is 34.0 Å². The Hall–Kier alpha value is 0.310. The fourth-order valence-corrected chi connectivity index (χ4v) is 4.35. The zero-order chi connectivity index (χ0) is 22.4. The molecule has 12 heteroatoms. The minimum Gasteiger partial charge on any atom is -0.806 e. The van der Waals surface area contributed by atoms with E-state index < -0.39 is 24.8 Å². The van der Waals surface area contributed by atoms with Crippen molar-refractivity contribution in [1.82, 2.24) is 0 Å².